The fourth-order valence-electron chi connectivity index (χ4n) is 1.50. The lowest BCUT2D eigenvalue weighted by molar-refractivity contribution is -0.131. The molecule has 2 rings (SSSR count). The van der Waals surface area contributed by atoms with Gasteiger partial charge in [0.2, 0.25) is 0 Å². The van der Waals surface area contributed by atoms with Crippen LogP contribution in [0.5, 0.6) is 0 Å². The smallest absolute Gasteiger partial charge is 0.328 e. The normalized spacial score (nSPS) is 16.0. The maximum Gasteiger partial charge on any atom is 0.328 e. The molecule has 1 aromatic rings. The summed E-state index contributed by atoms with van der Waals surface area (Å²) in [6, 6.07) is 8.08. The number of carboxylic acids is 1. The maximum absolute atomic E-state index is 10.3. The number of carboxylic acid groups (broad SMARTS) is 1. The van der Waals surface area contributed by atoms with Gasteiger partial charge in [-0.15, -0.1) is 0 Å². The lowest BCUT2D eigenvalue weighted by Crippen LogP contribution is -1.86. The molecule has 0 aromatic heterocycles. The number of hydrogen-bond acceptors (Lipinski definition) is 1. The van der Waals surface area contributed by atoms with Crippen molar-refractivity contribution >= 4 is 12.0 Å². The molecule has 0 atom stereocenters. The zero-order valence-electron chi connectivity index (χ0n) is 7.81. The number of benzene rings is 1. The van der Waals surface area contributed by atoms with Crippen LogP contribution in [0.15, 0.2) is 30.3 Å². The summed E-state index contributed by atoms with van der Waals surface area (Å²) >= 11 is 0. The van der Waals surface area contributed by atoms with Crippen LogP contribution < -0.4 is 0 Å². The average molecular weight is 188 g/mol. The number of carbonyl (C=O) groups is 1. The largest absolute Gasteiger partial charge is 0.478 e. The van der Waals surface area contributed by atoms with Gasteiger partial charge in [0.1, 0.15) is 0 Å². The van der Waals surface area contributed by atoms with Gasteiger partial charge in [-0.2, -0.15) is 0 Å². The van der Waals surface area contributed by atoms with Crippen LogP contribution in [0.1, 0.15) is 29.9 Å². The van der Waals surface area contributed by atoms with Crippen molar-refractivity contribution in [3.8, 4) is 0 Å². The summed E-state index contributed by atoms with van der Waals surface area (Å²) in [5.41, 5.74) is 2.30. The van der Waals surface area contributed by atoms with Gasteiger partial charge in [-0.1, -0.05) is 24.3 Å². The Hall–Kier alpha value is -1.57. The van der Waals surface area contributed by atoms with Gasteiger partial charge < -0.3 is 5.11 Å². The van der Waals surface area contributed by atoms with E-state index in [0.717, 1.165) is 5.56 Å². The molecule has 0 radical (unpaired) electrons. The fraction of sp³-hybridized carbons (Fsp3) is 0.250. The molecule has 72 valence electrons. The van der Waals surface area contributed by atoms with E-state index in [1.807, 2.05) is 12.1 Å². The Morgan fingerprint density at radius 2 is 2.21 bits per heavy atom. The van der Waals surface area contributed by atoms with E-state index in [0.29, 0.717) is 5.92 Å². The molecule has 0 heterocycles. The van der Waals surface area contributed by atoms with Gasteiger partial charge in [0.25, 0.3) is 0 Å². The van der Waals surface area contributed by atoms with Crippen LogP contribution in [0.2, 0.25) is 0 Å². The molecule has 0 bridgehead atoms. The predicted octanol–water partition coefficient (Wildman–Crippen LogP) is 2.66. The molecular weight excluding hydrogens is 176 g/mol. The zero-order valence-corrected chi connectivity index (χ0v) is 7.81. The number of hydrogen-bond donors (Lipinski definition) is 1. The zero-order chi connectivity index (χ0) is 9.97. The molecule has 2 heteroatoms. The van der Waals surface area contributed by atoms with Crippen molar-refractivity contribution in [3.05, 3.63) is 41.5 Å². The second-order valence-corrected chi connectivity index (χ2v) is 3.62. The molecule has 1 saturated carbocycles. The first-order valence-electron chi connectivity index (χ1n) is 4.76. The molecule has 1 aromatic carbocycles. The first-order chi connectivity index (χ1) is 6.75. The third kappa shape index (κ3) is 2.22. The Morgan fingerprint density at radius 3 is 2.86 bits per heavy atom. The van der Waals surface area contributed by atoms with E-state index < -0.39 is 5.97 Å². The van der Waals surface area contributed by atoms with Crippen molar-refractivity contribution in [1.29, 1.82) is 0 Å². The van der Waals surface area contributed by atoms with Gasteiger partial charge in [-0.05, 0) is 36.0 Å². The minimum absolute atomic E-state index is 0.716. The molecule has 2 nitrogen and oxygen atoms in total. The van der Waals surface area contributed by atoms with Crippen LogP contribution in [0, 0.1) is 0 Å². The summed E-state index contributed by atoms with van der Waals surface area (Å²) in [7, 11) is 0. The third-order valence-corrected chi connectivity index (χ3v) is 2.38. The van der Waals surface area contributed by atoms with Crippen molar-refractivity contribution in [1.82, 2.24) is 0 Å². The Labute approximate surface area is 82.9 Å². The van der Waals surface area contributed by atoms with Crippen molar-refractivity contribution in [2.75, 3.05) is 0 Å². The third-order valence-electron chi connectivity index (χ3n) is 2.38. The molecule has 1 aliphatic rings. The van der Waals surface area contributed by atoms with E-state index in [9.17, 15) is 4.79 Å². The SMILES string of the molecule is O=C(O)C=Cc1cccc(C2CC2)c1. The molecule has 0 unspecified atom stereocenters. The lowest BCUT2D eigenvalue weighted by atomic mass is 10.1. The van der Waals surface area contributed by atoms with E-state index in [1.165, 1.54) is 24.5 Å². The van der Waals surface area contributed by atoms with Crippen molar-refractivity contribution in [2.45, 2.75) is 18.8 Å². The molecule has 0 saturated heterocycles. The second-order valence-electron chi connectivity index (χ2n) is 3.62. The maximum atomic E-state index is 10.3. The Bertz CT molecular complexity index is 376. The Kier molecular flexibility index (Phi) is 2.35. The molecule has 1 aliphatic carbocycles. The van der Waals surface area contributed by atoms with Crippen LogP contribution in [0.3, 0.4) is 0 Å². The van der Waals surface area contributed by atoms with Gasteiger partial charge in [-0.3, -0.25) is 0 Å². The molecule has 1 N–H and O–H groups in total. The average Bonchev–Trinajstić information content (AvgIpc) is 2.98. The molecule has 0 aliphatic heterocycles. The quantitative estimate of drug-likeness (QED) is 0.740. The monoisotopic (exact) mass is 188 g/mol. The Morgan fingerprint density at radius 1 is 1.43 bits per heavy atom. The van der Waals surface area contributed by atoms with Crippen molar-refractivity contribution in [3.63, 3.8) is 0 Å². The summed E-state index contributed by atoms with van der Waals surface area (Å²) in [4.78, 5) is 10.3. The van der Waals surface area contributed by atoms with Gasteiger partial charge in [0.15, 0.2) is 0 Å². The topological polar surface area (TPSA) is 37.3 Å². The Balaban J connectivity index is 2.17. The minimum Gasteiger partial charge on any atom is -0.478 e. The first kappa shape index (κ1) is 9.00. The highest BCUT2D eigenvalue weighted by Crippen LogP contribution is 2.40. The second kappa shape index (κ2) is 3.66. The van der Waals surface area contributed by atoms with E-state index in [2.05, 4.69) is 12.1 Å². The minimum atomic E-state index is -0.901. The predicted molar refractivity (Wildman–Crippen MR) is 55.1 cm³/mol. The highest BCUT2D eigenvalue weighted by molar-refractivity contribution is 5.85. The van der Waals surface area contributed by atoms with Crippen molar-refractivity contribution in [2.24, 2.45) is 0 Å². The number of rotatable bonds is 3. The molecule has 0 spiro atoms. The van der Waals surface area contributed by atoms with Crippen LogP contribution in [0.25, 0.3) is 6.08 Å². The summed E-state index contributed by atoms with van der Waals surface area (Å²) in [6.45, 7) is 0. The van der Waals surface area contributed by atoms with Crippen molar-refractivity contribution < 1.29 is 9.90 Å². The summed E-state index contributed by atoms with van der Waals surface area (Å²) in [5.74, 6) is -0.185. The van der Waals surface area contributed by atoms with Gasteiger partial charge in [-0.25, -0.2) is 4.79 Å². The standard InChI is InChI=1S/C12H12O2/c13-12(14)7-4-9-2-1-3-11(8-9)10-5-6-10/h1-4,7-8,10H,5-6H2,(H,13,14). The molecule has 1 fully saturated rings. The highest BCUT2D eigenvalue weighted by Gasteiger charge is 2.22. The first-order valence-corrected chi connectivity index (χ1v) is 4.76. The van der Waals surface area contributed by atoms with E-state index >= 15 is 0 Å². The fourth-order valence-corrected chi connectivity index (χ4v) is 1.50. The van der Waals surface area contributed by atoms with Gasteiger partial charge >= 0.3 is 5.97 Å². The summed E-state index contributed by atoms with van der Waals surface area (Å²) in [5, 5.41) is 8.48. The number of aliphatic carboxylic acids is 1. The van der Waals surface area contributed by atoms with Crippen LogP contribution >= 0.6 is 0 Å². The molecule has 14 heavy (non-hydrogen) atoms. The van der Waals surface area contributed by atoms with Crippen LogP contribution in [0.4, 0.5) is 0 Å². The van der Waals surface area contributed by atoms with E-state index in [-0.39, 0.29) is 0 Å². The van der Waals surface area contributed by atoms with Gasteiger partial charge in [0.05, 0.1) is 0 Å². The van der Waals surface area contributed by atoms with Crippen LogP contribution in [-0.2, 0) is 4.79 Å². The molecule has 0 amide bonds. The summed E-state index contributed by atoms with van der Waals surface area (Å²) in [6.07, 6.45) is 5.35. The molecular formula is C12H12O2. The van der Waals surface area contributed by atoms with E-state index in [4.69, 9.17) is 5.11 Å². The van der Waals surface area contributed by atoms with Crippen LogP contribution in [-0.4, -0.2) is 11.1 Å². The summed E-state index contributed by atoms with van der Waals surface area (Å²) < 4.78 is 0. The van der Waals surface area contributed by atoms with E-state index in [1.54, 1.807) is 6.08 Å². The lowest BCUT2D eigenvalue weighted by Gasteiger charge is -1.98. The van der Waals surface area contributed by atoms with Gasteiger partial charge in [0, 0.05) is 6.08 Å². The highest BCUT2D eigenvalue weighted by atomic mass is 16.4.